The molecule has 6 nitrogen and oxygen atoms in total. The minimum atomic E-state index is -0.665. The minimum absolute atomic E-state index is 0.00439. The normalized spacial score (nSPS) is 12.7. The van der Waals surface area contributed by atoms with Gasteiger partial charge in [0.25, 0.3) is 0 Å². The van der Waals surface area contributed by atoms with E-state index in [1.54, 1.807) is 0 Å². The van der Waals surface area contributed by atoms with Gasteiger partial charge in [-0.15, -0.1) is 0 Å². The first kappa shape index (κ1) is 84.1. The van der Waals surface area contributed by atoms with Crippen molar-refractivity contribution in [2.75, 3.05) is 13.2 Å². The standard InChI is InChI=1S/C80H153NO5/c1-3-5-7-9-11-13-15-17-19-21-22-23-32-35-38-41-44-48-52-56-60-64-68-72-78(83)77(76-82)81-79(84)73-69-65-61-57-53-49-45-42-39-36-33-30-28-26-24-25-27-29-31-34-37-40-43-47-51-55-59-63-67-71-75-86-80(85)74-70-66-62-58-54-50-46-20-18-16-14-12-10-8-6-4-2/h14,16,20,25,27,46,77-78,82-83H,3-13,15,17-19,21-24,26,28-45,47-76H2,1-2H3,(H,81,84)/b16-14-,27-25-,46-20-. The van der Waals surface area contributed by atoms with E-state index in [-0.39, 0.29) is 18.5 Å². The summed E-state index contributed by atoms with van der Waals surface area (Å²) in [6.07, 6.45) is 98.0. The summed E-state index contributed by atoms with van der Waals surface area (Å²) < 4.78 is 5.49. The number of carbonyl (C=O) groups excluding carboxylic acids is 2. The maximum Gasteiger partial charge on any atom is 0.305 e. The summed E-state index contributed by atoms with van der Waals surface area (Å²) in [5.41, 5.74) is 0. The third kappa shape index (κ3) is 71.2. The lowest BCUT2D eigenvalue weighted by Crippen LogP contribution is -2.45. The molecule has 0 aliphatic heterocycles. The molecule has 0 spiro atoms. The molecule has 6 heteroatoms. The Bertz CT molecular complexity index is 1390. The number of aliphatic hydroxyl groups excluding tert-OH is 2. The highest BCUT2D eigenvalue weighted by Crippen LogP contribution is 2.20. The summed E-state index contributed by atoms with van der Waals surface area (Å²) in [5.74, 6) is -0.0241. The van der Waals surface area contributed by atoms with Crippen molar-refractivity contribution in [3.63, 3.8) is 0 Å². The van der Waals surface area contributed by atoms with Gasteiger partial charge < -0.3 is 20.3 Å². The molecular weight excluding hydrogens is 1050 g/mol. The minimum Gasteiger partial charge on any atom is -0.466 e. The van der Waals surface area contributed by atoms with Gasteiger partial charge in [-0.25, -0.2) is 0 Å². The molecule has 0 aromatic rings. The number of amides is 1. The van der Waals surface area contributed by atoms with Gasteiger partial charge >= 0.3 is 5.97 Å². The van der Waals surface area contributed by atoms with E-state index in [4.69, 9.17) is 4.74 Å². The third-order valence-electron chi connectivity index (χ3n) is 18.4. The number of unbranched alkanes of at least 4 members (excludes halogenated alkanes) is 57. The molecule has 1 amide bonds. The highest BCUT2D eigenvalue weighted by molar-refractivity contribution is 5.76. The molecule has 2 atom stereocenters. The number of hydrogen-bond acceptors (Lipinski definition) is 5. The van der Waals surface area contributed by atoms with Crippen LogP contribution in [0.4, 0.5) is 0 Å². The summed E-state index contributed by atoms with van der Waals surface area (Å²) in [7, 11) is 0. The molecule has 0 radical (unpaired) electrons. The van der Waals surface area contributed by atoms with Crippen LogP contribution in [0.1, 0.15) is 438 Å². The lowest BCUT2D eigenvalue weighted by Gasteiger charge is -2.22. The second-order valence-corrected chi connectivity index (χ2v) is 27.0. The van der Waals surface area contributed by atoms with Gasteiger partial charge in [-0.05, 0) is 83.5 Å². The molecule has 0 bridgehead atoms. The predicted octanol–water partition coefficient (Wildman–Crippen LogP) is 25.8. The third-order valence-corrected chi connectivity index (χ3v) is 18.4. The lowest BCUT2D eigenvalue weighted by atomic mass is 10.0. The van der Waals surface area contributed by atoms with Crippen LogP contribution in [0.3, 0.4) is 0 Å². The molecule has 0 aliphatic carbocycles. The van der Waals surface area contributed by atoms with E-state index < -0.39 is 12.1 Å². The Labute approximate surface area is 538 Å². The fraction of sp³-hybridized carbons (Fsp3) is 0.900. The summed E-state index contributed by atoms with van der Waals surface area (Å²) in [5, 5.41) is 23.5. The SMILES string of the molecule is CCCCCC/C=C\C/C=C\CCCCCCCC(=O)OCCCCCCCCCCCCCC/C=C\CCCCCCCCCCCCCCCCC(=O)NC(CO)C(O)CCCCCCCCCCCCCCCCCCCCCCCCC. The van der Waals surface area contributed by atoms with Crippen LogP contribution in [0.5, 0.6) is 0 Å². The lowest BCUT2D eigenvalue weighted by molar-refractivity contribution is -0.143. The monoisotopic (exact) mass is 1210 g/mol. The van der Waals surface area contributed by atoms with Crippen LogP contribution in [0.15, 0.2) is 36.5 Å². The molecule has 508 valence electrons. The molecule has 0 fully saturated rings. The van der Waals surface area contributed by atoms with E-state index in [2.05, 4.69) is 55.6 Å². The van der Waals surface area contributed by atoms with Crippen LogP contribution >= 0.6 is 0 Å². The summed E-state index contributed by atoms with van der Waals surface area (Å²) in [6.45, 7) is 4.97. The van der Waals surface area contributed by atoms with Crippen molar-refractivity contribution in [3.8, 4) is 0 Å². The fourth-order valence-electron chi connectivity index (χ4n) is 12.4. The van der Waals surface area contributed by atoms with E-state index in [1.807, 2.05) is 0 Å². The zero-order valence-electron chi connectivity index (χ0n) is 58.3. The van der Waals surface area contributed by atoms with Gasteiger partial charge in [0.05, 0.1) is 25.4 Å². The van der Waals surface area contributed by atoms with Gasteiger partial charge in [-0.2, -0.15) is 0 Å². The quantitative estimate of drug-likeness (QED) is 0.0320. The Balaban J connectivity index is 3.37. The van der Waals surface area contributed by atoms with Crippen molar-refractivity contribution in [1.29, 1.82) is 0 Å². The highest BCUT2D eigenvalue weighted by Gasteiger charge is 2.20. The molecule has 2 unspecified atom stereocenters. The second kappa shape index (κ2) is 75.5. The predicted molar refractivity (Wildman–Crippen MR) is 379 cm³/mol. The van der Waals surface area contributed by atoms with Crippen molar-refractivity contribution >= 4 is 11.9 Å². The number of ether oxygens (including phenoxy) is 1. The Kier molecular flexibility index (Phi) is 73.9. The van der Waals surface area contributed by atoms with E-state index in [1.165, 1.54) is 353 Å². The molecule has 0 aromatic carbocycles. The van der Waals surface area contributed by atoms with E-state index >= 15 is 0 Å². The van der Waals surface area contributed by atoms with Crippen molar-refractivity contribution < 1.29 is 24.5 Å². The number of carbonyl (C=O) groups is 2. The topological polar surface area (TPSA) is 95.9 Å². The molecule has 0 rings (SSSR count). The van der Waals surface area contributed by atoms with E-state index in [0.29, 0.717) is 25.9 Å². The van der Waals surface area contributed by atoms with Crippen LogP contribution in [0.2, 0.25) is 0 Å². The zero-order chi connectivity index (χ0) is 62.0. The van der Waals surface area contributed by atoms with Crippen molar-refractivity contribution in [1.82, 2.24) is 5.32 Å². The zero-order valence-corrected chi connectivity index (χ0v) is 58.3. The van der Waals surface area contributed by atoms with Crippen molar-refractivity contribution in [2.24, 2.45) is 0 Å². The maximum absolute atomic E-state index is 12.6. The Morgan fingerprint density at radius 3 is 0.907 bits per heavy atom. The first-order valence-corrected chi connectivity index (χ1v) is 39.2. The molecule has 86 heavy (non-hydrogen) atoms. The molecule has 0 aromatic heterocycles. The van der Waals surface area contributed by atoms with Crippen LogP contribution in [0, 0.1) is 0 Å². The largest absolute Gasteiger partial charge is 0.466 e. The Morgan fingerprint density at radius 1 is 0.326 bits per heavy atom. The summed E-state index contributed by atoms with van der Waals surface area (Å²) >= 11 is 0. The van der Waals surface area contributed by atoms with Gasteiger partial charge in [-0.3, -0.25) is 9.59 Å². The summed E-state index contributed by atoms with van der Waals surface area (Å²) in [6, 6.07) is -0.542. The van der Waals surface area contributed by atoms with Crippen LogP contribution < -0.4 is 5.32 Å². The molecule has 3 N–H and O–H groups in total. The second-order valence-electron chi connectivity index (χ2n) is 27.0. The van der Waals surface area contributed by atoms with Crippen LogP contribution in [-0.4, -0.2) is 47.4 Å². The summed E-state index contributed by atoms with van der Waals surface area (Å²) in [4.78, 5) is 24.7. The Morgan fingerprint density at radius 2 is 0.581 bits per heavy atom. The van der Waals surface area contributed by atoms with Crippen LogP contribution in [0.25, 0.3) is 0 Å². The molecule has 0 saturated carbocycles. The van der Waals surface area contributed by atoms with Gasteiger partial charge in [0.15, 0.2) is 0 Å². The molecule has 0 aliphatic rings. The average molecular weight is 1210 g/mol. The Hall–Kier alpha value is -1.92. The van der Waals surface area contributed by atoms with E-state index in [0.717, 1.165) is 51.4 Å². The van der Waals surface area contributed by atoms with Crippen LogP contribution in [-0.2, 0) is 14.3 Å². The van der Waals surface area contributed by atoms with Gasteiger partial charge in [0.2, 0.25) is 5.91 Å². The number of allylic oxidation sites excluding steroid dienone is 6. The number of nitrogens with one attached hydrogen (secondary N) is 1. The highest BCUT2D eigenvalue weighted by atomic mass is 16.5. The fourth-order valence-corrected chi connectivity index (χ4v) is 12.4. The number of aliphatic hydroxyl groups is 2. The number of rotatable bonds is 74. The number of esters is 1. The smallest absolute Gasteiger partial charge is 0.305 e. The van der Waals surface area contributed by atoms with Gasteiger partial charge in [-0.1, -0.05) is 378 Å². The van der Waals surface area contributed by atoms with Gasteiger partial charge in [0, 0.05) is 12.8 Å². The molecule has 0 heterocycles. The van der Waals surface area contributed by atoms with Gasteiger partial charge in [0.1, 0.15) is 0 Å². The average Bonchev–Trinajstić information content (AvgIpc) is 3.53. The van der Waals surface area contributed by atoms with E-state index in [9.17, 15) is 19.8 Å². The first-order valence-electron chi connectivity index (χ1n) is 39.2. The maximum atomic E-state index is 12.6. The van der Waals surface area contributed by atoms with Crippen molar-refractivity contribution in [2.45, 2.75) is 450 Å². The van der Waals surface area contributed by atoms with Crippen molar-refractivity contribution in [3.05, 3.63) is 36.5 Å². The first-order chi connectivity index (χ1) is 42.5. The molecule has 0 saturated heterocycles. The number of hydrogen-bond donors (Lipinski definition) is 3. The molecular formula is C80H153NO5.